The van der Waals surface area contributed by atoms with Crippen LogP contribution in [0.2, 0.25) is 5.15 Å². The van der Waals surface area contributed by atoms with Crippen LogP contribution in [0, 0.1) is 0 Å². The van der Waals surface area contributed by atoms with Crippen molar-refractivity contribution < 1.29 is 20.1 Å². The lowest BCUT2D eigenvalue weighted by Crippen LogP contribution is -2.15. The maximum atomic E-state index is 10.8. The van der Waals surface area contributed by atoms with Gasteiger partial charge in [0.2, 0.25) is 0 Å². The summed E-state index contributed by atoms with van der Waals surface area (Å²) in [5.41, 5.74) is 0.0274. The molecule has 7 heteroatoms. The molecule has 0 radical (unpaired) electrons. The van der Waals surface area contributed by atoms with E-state index in [1.807, 2.05) is 0 Å². The average Bonchev–Trinajstić information content (AvgIpc) is 2.25. The molecule has 1 heterocycles. The molecule has 0 saturated heterocycles. The Kier molecular flexibility index (Phi) is 5.01. The van der Waals surface area contributed by atoms with Gasteiger partial charge in [0.1, 0.15) is 10.2 Å². The maximum Gasteiger partial charge on any atom is 0.338 e. The summed E-state index contributed by atoms with van der Waals surface area (Å²) in [6.07, 6.45) is -0.910. The molecule has 1 aromatic heterocycles. The number of aliphatic hydroxyl groups excluding tert-OH is 2. The van der Waals surface area contributed by atoms with Crippen molar-refractivity contribution in [1.82, 2.24) is 4.98 Å². The van der Waals surface area contributed by atoms with E-state index in [1.54, 1.807) is 0 Å². The highest BCUT2D eigenvalue weighted by Gasteiger charge is 2.14. The molecule has 5 nitrogen and oxygen atoms in total. The lowest BCUT2D eigenvalue weighted by atomic mass is 10.3. The average molecular weight is 264 g/mol. The largest absolute Gasteiger partial charge is 0.478 e. The number of hydrogen-bond donors (Lipinski definition) is 3. The number of carbonyl (C=O) groups is 1. The molecule has 1 rings (SSSR count). The Labute approximate surface area is 101 Å². The first-order chi connectivity index (χ1) is 7.54. The Morgan fingerprint density at radius 2 is 2.25 bits per heavy atom. The summed E-state index contributed by atoms with van der Waals surface area (Å²) < 4.78 is 0. The van der Waals surface area contributed by atoms with Crippen LogP contribution < -0.4 is 0 Å². The van der Waals surface area contributed by atoms with Crippen LogP contribution in [0.4, 0.5) is 0 Å². The predicted octanol–water partition coefficient (Wildman–Crippen LogP) is 0.878. The van der Waals surface area contributed by atoms with Gasteiger partial charge in [0.15, 0.2) is 0 Å². The van der Waals surface area contributed by atoms with Crippen molar-refractivity contribution >= 4 is 29.3 Å². The first-order valence-electron chi connectivity index (χ1n) is 4.36. The van der Waals surface area contributed by atoms with Crippen LogP contribution in [0.25, 0.3) is 0 Å². The second kappa shape index (κ2) is 6.05. The van der Waals surface area contributed by atoms with Gasteiger partial charge in [-0.25, -0.2) is 9.78 Å². The highest BCUT2D eigenvalue weighted by Crippen LogP contribution is 2.23. The fourth-order valence-electron chi connectivity index (χ4n) is 0.919. The monoisotopic (exact) mass is 263 g/mol. The second-order valence-corrected chi connectivity index (χ2v) is 4.34. The Hall–Kier alpha value is -0.820. The standard InChI is InChI=1S/C9H10ClNO4S/c10-7-2-1-6(9(14)15)8(11-7)16-4-5(13)3-12/h1-2,5,12-13H,3-4H2,(H,14,15). The van der Waals surface area contributed by atoms with E-state index in [2.05, 4.69) is 4.98 Å². The van der Waals surface area contributed by atoms with Crippen LogP contribution in [-0.4, -0.2) is 44.7 Å². The molecule has 0 aromatic carbocycles. The number of thioether (sulfide) groups is 1. The first kappa shape index (κ1) is 13.2. The minimum atomic E-state index is -1.11. The van der Waals surface area contributed by atoms with Crippen molar-refractivity contribution in [3.05, 3.63) is 22.8 Å². The van der Waals surface area contributed by atoms with Crippen LogP contribution in [0.15, 0.2) is 17.2 Å². The maximum absolute atomic E-state index is 10.8. The molecular formula is C9H10ClNO4S. The Morgan fingerprint density at radius 1 is 1.56 bits per heavy atom. The third kappa shape index (κ3) is 3.64. The molecule has 16 heavy (non-hydrogen) atoms. The fourth-order valence-corrected chi connectivity index (χ4v) is 2.05. The van der Waals surface area contributed by atoms with E-state index in [-0.39, 0.29) is 28.1 Å². The van der Waals surface area contributed by atoms with Crippen molar-refractivity contribution in [1.29, 1.82) is 0 Å². The molecule has 1 atom stereocenters. The van der Waals surface area contributed by atoms with Gasteiger partial charge < -0.3 is 15.3 Å². The summed E-state index contributed by atoms with van der Waals surface area (Å²) in [7, 11) is 0. The number of carboxylic acids is 1. The number of rotatable bonds is 5. The van der Waals surface area contributed by atoms with Gasteiger partial charge in [-0.1, -0.05) is 11.6 Å². The number of nitrogens with zero attached hydrogens (tertiary/aromatic N) is 1. The van der Waals surface area contributed by atoms with Gasteiger partial charge in [0.25, 0.3) is 0 Å². The highest BCUT2D eigenvalue weighted by atomic mass is 35.5. The lowest BCUT2D eigenvalue weighted by Gasteiger charge is -2.08. The van der Waals surface area contributed by atoms with E-state index in [0.717, 1.165) is 11.8 Å². The van der Waals surface area contributed by atoms with Gasteiger partial charge in [-0.15, -0.1) is 11.8 Å². The van der Waals surface area contributed by atoms with Crippen LogP contribution in [0.5, 0.6) is 0 Å². The summed E-state index contributed by atoms with van der Waals surface area (Å²) in [6, 6.07) is 2.74. The number of aliphatic hydroxyl groups is 2. The van der Waals surface area contributed by atoms with Crippen LogP contribution in [0.1, 0.15) is 10.4 Å². The predicted molar refractivity (Wildman–Crippen MR) is 60.0 cm³/mol. The van der Waals surface area contributed by atoms with Crippen molar-refractivity contribution in [2.75, 3.05) is 12.4 Å². The molecule has 0 bridgehead atoms. The molecule has 0 saturated carbocycles. The quantitative estimate of drug-likeness (QED) is 0.540. The number of hydrogen-bond acceptors (Lipinski definition) is 5. The summed E-state index contributed by atoms with van der Waals surface area (Å²) in [5.74, 6) is -0.949. The molecule has 0 fully saturated rings. The Bertz CT molecular complexity index is 388. The van der Waals surface area contributed by atoms with E-state index >= 15 is 0 Å². The van der Waals surface area contributed by atoms with Gasteiger partial charge in [-0.2, -0.15) is 0 Å². The zero-order chi connectivity index (χ0) is 12.1. The van der Waals surface area contributed by atoms with Crippen molar-refractivity contribution in [2.45, 2.75) is 11.1 Å². The minimum Gasteiger partial charge on any atom is -0.478 e. The van der Waals surface area contributed by atoms with Crippen molar-refractivity contribution in [2.24, 2.45) is 0 Å². The zero-order valence-electron chi connectivity index (χ0n) is 8.13. The summed E-state index contributed by atoms with van der Waals surface area (Å²) in [5, 5.41) is 27.0. The Balaban J connectivity index is 2.84. The van der Waals surface area contributed by atoms with E-state index in [9.17, 15) is 4.79 Å². The van der Waals surface area contributed by atoms with Crippen molar-refractivity contribution in [3.63, 3.8) is 0 Å². The number of pyridine rings is 1. The third-order valence-corrected chi connectivity index (χ3v) is 3.03. The molecule has 3 N–H and O–H groups in total. The molecular weight excluding hydrogens is 254 g/mol. The minimum absolute atomic E-state index is 0.0274. The molecule has 1 unspecified atom stereocenters. The Morgan fingerprint density at radius 3 is 2.81 bits per heavy atom. The third-order valence-electron chi connectivity index (χ3n) is 1.68. The first-order valence-corrected chi connectivity index (χ1v) is 5.72. The molecule has 0 spiro atoms. The van der Waals surface area contributed by atoms with Gasteiger partial charge in [0.05, 0.1) is 18.3 Å². The summed E-state index contributed by atoms with van der Waals surface area (Å²) in [6.45, 7) is -0.379. The number of halogens is 1. The second-order valence-electron chi connectivity index (χ2n) is 2.94. The van der Waals surface area contributed by atoms with E-state index in [1.165, 1.54) is 12.1 Å². The van der Waals surface area contributed by atoms with Gasteiger partial charge >= 0.3 is 5.97 Å². The molecule has 0 aliphatic heterocycles. The van der Waals surface area contributed by atoms with Gasteiger partial charge in [-0.05, 0) is 12.1 Å². The molecule has 88 valence electrons. The number of carboxylic acid groups (broad SMARTS) is 1. The topological polar surface area (TPSA) is 90.7 Å². The van der Waals surface area contributed by atoms with Gasteiger partial charge in [0, 0.05) is 5.75 Å². The van der Waals surface area contributed by atoms with Crippen LogP contribution in [-0.2, 0) is 0 Å². The lowest BCUT2D eigenvalue weighted by molar-refractivity contribution is 0.0692. The normalized spacial score (nSPS) is 12.4. The summed E-state index contributed by atoms with van der Waals surface area (Å²) in [4.78, 5) is 14.7. The fraction of sp³-hybridized carbons (Fsp3) is 0.333. The van der Waals surface area contributed by atoms with E-state index in [4.69, 9.17) is 26.9 Å². The molecule has 0 aliphatic rings. The highest BCUT2D eigenvalue weighted by molar-refractivity contribution is 7.99. The van der Waals surface area contributed by atoms with Crippen molar-refractivity contribution in [3.8, 4) is 0 Å². The smallest absolute Gasteiger partial charge is 0.338 e. The SMILES string of the molecule is O=C(O)c1ccc(Cl)nc1SCC(O)CO. The van der Waals surface area contributed by atoms with Crippen LogP contribution >= 0.6 is 23.4 Å². The zero-order valence-corrected chi connectivity index (χ0v) is 9.70. The van der Waals surface area contributed by atoms with E-state index < -0.39 is 12.1 Å². The molecule has 0 aliphatic carbocycles. The van der Waals surface area contributed by atoms with Crippen LogP contribution in [0.3, 0.4) is 0 Å². The number of aromatic nitrogens is 1. The number of aromatic carboxylic acids is 1. The molecule has 0 amide bonds. The van der Waals surface area contributed by atoms with Gasteiger partial charge in [-0.3, -0.25) is 0 Å². The summed E-state index contributed by atoms with van der Waals surface area (Å²) >= 11 is 6.68. The van der Waals surface area contributed by atoms with E-state index in [0.29, 0.717) is 0 Å². The molecule has 1 aromatic rings.